The Kier molecular flexibility index (Phi) is 5.77. The number of hydrogen-bond donors (Lipinski definition) is 2. The zero-order valence-corrected chi connectivity index (χ0v) is 10.3. The Labute approximate surface area is 97.9 Å². The van der Waals surface area contributed by atoms with Crippen molar-refractivity contribution in [3.05, 3.63) is 0 Å². The summed E-state index contributed by atoms with van der Waals surface area (Å²) < 4.78 is 4.89. The molecular formula is C12H24N2O2. The van der Waals surface area contributed by atoms with Crippen LogP contribution >= 0.6 is 0 Å². The van der Waals surface area contributed by atoms with Gasteiger partial charge < -0.3 is 15.8 Å². The summed E-state index contributed by atoms with van der Waals surface area (Å²) in [7, 11) is 1.63. The first kappa shape index (κ1) is 13.5. The van der Waals surface area contributed by atoms with Crippen molar-refractivity contribution in [2.45, 2.75) is 38.5 Å². The molecule has 0 spiro atoms. The second-order valence-electron chi connectivity index (χ2n) is 4.78. The van der Waals surface area contributed by atoms with E-state index in [0.717, 1.165) is 12.8 Å². The maximum Gasteiger partial charge on any atom is 0.220 e. The largest absolute Gasteiger partial charge is 0.383 e. The second kappa shape index (κ2) is 6.86. The van der Waals surface area contributed by atoms with Crippen molar-refractivity contribution in [2.24, 2.45) is 11.1 Å². The molecule has 0 saturated heterocycles. The Balaban J connectivity index is 2.33. The van der Waals surface area contributed by atoms with Crippen molar-refractivity contribution in [2.75, 3.05) is 26.8 Å². The first-order chi connectivity index (χ1) is 7.72. The SMILES string of the molecule is COCCNC(=O)CC1(CN)CCCCC1. The lowest BCUT2D eigenvalue weighted by atomic mass is 9.72. The van der Waals surface area contributed by atoms with Crippen LogP contribution in [-0.2, 0) is 9.53 Å². The normalized spacial score (nSPS) is 19.4. The van der Waals surface area contributed by atoms with Crippen LogP contribution in [0.25, 0.3) is 0 Å². The molecule has 1 fully saturated rings. The number of hydrogen-bond acceptors (Lipinski definition) is 3. The third-order valence-electron chi connectivity index (χ3n) is 3.51. The van der Waals surface area contributed by atoms with Gasteiger partial charge in [-0.15, -0.1) is 0 Å². The van der Waals surface area contributed by atoms with Gasteiger partial charge >= 0.3 is 0 Å². The van der Waals surface area contributed by atoms with Crippen LogP contribution in [-0.4, -0.2) is 32.7 Å². The standard InChI is InChI=1S/C12H24N2O2/c1-16-8-7-14-11(15)9-12(10-13)5-3-2-4-6-12/h2-10,13H2,1H3,(H,14,15). The molecule has 1 saturated carbocycles. The molecule has 0 bridgehead atoms. The Morgan fingerprint density at radius 2 is 2.06 bits per heavy atom. The molecule has 16 heavy (non-hydrogen) atoms. The van der Waals surface area contributed by atoms with Crippen molar-refractivity contribution < 1.29 is 9.53 Å². The second-order valence-corrected chi connectivity index (χ2v) is 4.78. The number of rotatable bonds is 6. The number of amides is 1. The number of nitrogens with one attached hydrogen (secondary N) is 1. The zero-order valence-electron chi connectivity index (χ0n) is 10.3. The van der Waals surface area contributed by atoms with Crippen LogP contribution in [0.15, 0.2) is 0 Å². The Bertz CT molecular complexity index is 213. The summed E-state index contributed by atoms with van der Waals surface area (Å²) in [6, 6.07) is 0. The van der Waals surface area contributed by atoms with Crippen LogP contribution in [0.3, 0.4) is 0 Å². The monoisotopic (exact) mass is 228 g/mol. The predicted octanol–water partition coefficient (Wildman–Crippen LogP) is 1.05. The molecule has 4 nitrogen and oxygen atoms in total. The quantitative estimate of drug-likeness (QED) is 0.668. The Morgan fingerprint density at radius 3 is 2.62 bits per heavy atom. The molecule has 0 aromatic carbocycles. The average molecular weight is 228 g/mol. The first-order valence-electron chi connectivity index (χ1n) is 6.18. The van der Waals surface area contributed by atoms with Gasteiger partial charge in [-0.25, -0.2) is 0 Å². The number of carbonyl (C=O) groups excluding carboxylic acids is 1. The van der Waals surface area contributed by atoms with Crippen molar-refractivity contribution in [1.29, 1.82) is 0 Å². The highest BCUT2D eigenvalue weighted by molar-refractivity contribution is 5.76. The molecular weight excluding hydrogens is 204 g/mol. The van der Waals surface area contributed by atoms with Crippen molar-refractivity contribution in [1.82, 2.24) is 5.32 Å². The van der Waals surface area contributed by atoms with E-state index in [2.05, 4.69) is 5.32 Å². The zero-order chi connectivity index (χ0) is 11.9. The summed E-state index contributed by atoms with van der Waals surface area (Å²) >= 11 is 0. The summed E-state index contributed by atoms with van der Waals surface area (Å²) in [5.74, 6) is 0.115. The van der Waals surface area contributed by atoms with Gasteiger partial charge in [-0.2, -0.15) is 0 Å². The van der Waals surface area contributed by atoms with Gasteiger partial charge in [-0.1, -0.05) is 19.3 Å². The smallest absolute Gasteiger partial charge is 0.220 e. The molecule has 3 N–H and O–H groups in total. The summed E-state index contributed by atoms with van der Waals surface area (Å²) in [6.07, 6.45) is 6.48. The molecule has 1 aliphatic rings. The lowest BCUT2D eigenvalue weighted by Crippen LogP contribution is -2.39. The molecule has 0 atom stereocenters. The molecule has 0 aromatic heterocycles. The average Bonchev–Trinajstić information content (AvgIpc) is 2.30. The minimum atomic E-state index is 0.0649. The lowest BCUT2D eigenvalue weighted by molar-refractivity contribution is -0.124. The minimum absolute atomic E-state index is 0.0649. The fourth-order valence-corrected chi connectivity index (χ4v) is 2.45. The summed E-state index contributed by atoms with van der Waals surface area (Å²) in [6.45, 7) is 1.79. The summed E-state index contributed by atoms with van der Waals surface area (Å²) in [5.41, 5.74) is 5.90. The van der Waals surface area contributed by atoms with Crippen LogP contribution in [0.5, 0.6) is 0 Å². The summed E-state index contributed by atoms with van der Waals surface area (Å²) in [5, 5.41) is 2.87. The van der Waals surface area contributed by atoms with Crippen molar-refractivity contribution in [3.63, 3.8) is 0 Å². The third kappa shape index (κ3) is 4.10. The van der Waals surface area contributed by atoms with E-state index in [4.69, 9.17) is 10.5 Å². The summed E-state index contributed by atoms with van der Waals surface area (Å²) in [4.78, 5) is 11.7. The van der Waals surface area contributed by atoms with Crippen LogP contribution in [0.2, 0.25) is 0 Å². The van der Waals surface area contributed by atoms with Crippen LogP contribution in [0.4, 0.5) is 0 Å². The first-order valence-corrected chi connectivity index (χ1v) is 6.18. The highest BCUT2D eigenvalue weighted by atomic mass is 16.5. The molecule has 94 valence electrons. The van der Waals surface area contributed by atoms with Gasteiger partial charge in [0.15, 0.2) is 0 Å². The van der Waals surface area contributed by atoms with Gasteiger partial charge in [0.1, 0.15) is 0 Å². The van der Waals surface area contributed by atoms with Gasteiger partial charge in [0.2, 0.25) is 5.91 Å². The molecule has 0 aliphatic heterocycles. The molecule has 1 rings (SSSR count). The van der Waals surface area contributed by atoms with E-state index in [1.54, 1.807) is 7.11 Å². The third-order valence-corrected chi connectivity index (χ3v) is 3.51. The predicted molar refractivity (Wildman–Crippen MR) is 64.1 cm³/mol. The fraction of sp³-hybridized carbons (Fsp3) is 0.917. The topological polar surface area (TPSA) is 64.3 Å². The lowest BCUT2D eigenvalue weighted by Gasteiger charge is -2.35. The van der Waals surface area contributed by atoms with Gasteiger partial charge in [0, 0.05) is 20.1 Å². The number of methoxy groups -OCH3 is 1. The molecule has 1 aliphatic carbocycles. The van der Waals surface area contributed by atoms with Crippen LogP contribution < -0.4 is 11.1 Å². The van der Waals surface area contributed by atoms with Crippen molar-refractivity contribution in [3.8, 4) is 0 Å². The Hall–Kier alpha value is -0.610. The molecule has 4 heteroatoms. The van der Waals surface area contributed by atoms with E-state index in [1.807, 2.05) is 0 Å². The highest BCUT2D eigenvalue weighted by Crippen LogP contribution is 2.38. The fourth-order valence-electron chi connectivity index (χ4n) is 2.45. The van der Waals surface area contributed by atoms with Gasteiger partial charge in [-0.3, -0.25) is 4.79 Å². The van der Waals surface area contributed by atoms with E-state index in [1.165, 1.54) is 19.3 Å². The molecule has 1 amide bonds. The number of nitrogens with two attached hydrogens (primary N) is 1. The maximum absolute atomic E-state index is 11.7. The molecule has 0 radical (unpaired) electrons. The van der Waals surface area contributed by atoms with E-state index in [-0.39, 0.29) is 11.3 Å². The van der Waals surface area contributed by atoms with Crippen LogP contribution in [0.1, 0.15) is 38.5 Å². The highest BCUT2D eigenvalue weighted by Gasteiger charge is 2.32. The van der Waals surface area contributed by atoms with Crippen LogP contribution in [0, 0.1) is 5.41 Å². The molecule has 0 aromatic rings. The van der Waals surface area contributed by atoms with Gasteiger partial charge in [0.05, 0.1) is 6.61 Å². The van der Waals surface area contributed by atoms with Crippen molar-refractivity contribution >= 4 is 5.91 Å². The number of carbonyl (C=O) groups is 1. The molecule has 0 heterocycles. The van der Waals surface area contributed by atoms with E-state index >= 15 is 0 Å². The number of ether oxygens (including phenoxy) is 1. The van der Waals surface area contributed by atoms with E-state index < -0.39 is 0 Å². The van der Waals surface area contributed by atoms with Gasteiger partial charge in [0.25, 0.3) is 0 Å². The molecule has 0 unspecified atom stereocenters. The van der Waals surface area contributed by atoms with Gasteiger partial charge in [-0.05, 0) is 24.8 Å². The maximum atomic E-state index is 11.7. The van der Waals surface area contributed by atoms with E-state index in [9.17, 15) is 4.79 Å². The minimum Gasteiger partial charge on any atom is -0.383 e. The van der Waals surface area contributed by atoms with E-state index in [0.29, 0.717) is 26.1 Å². The Morgan fingerprint density at radius 1 is 1.38 bits per heavy atom.